The summed E-state index contributed by atoms with van der Waals surface area (Å²) in [6, 6.07) is 0. The maximum Gasteiger partial charge on any atom is 0.113 e. The van der Waals surface area contributed by atoms with Crippen molar-refractivity contribution in [2.75, 3.05) is 0 Å². The summed E-state index contributed by atoms with van der Waals surface area (Å²) in [5.74, 6) is 0.00150. The van der Waals surface area contributed by atoms with Gasteiger partial charge < -0.3 is 0 Å². The van der Waals surface area contributed by atoms with Gasteiger partial charge in [-0.15, -0.1) is 46.4 Å². The zero-order valence-corrected chi connectivity index (χ0v) is 17.6. The van der Waals surface area contributed by atoms with Gasteiger partial charge in [0, 0.05) is 5.92 Å². The van der Waals surface area contributed by atoms with Crippen LogP contribution in [0.1, 0.15) is 92.4 Å². The maximum absolute atomic E-state index is 5.67. The Bertz CT molecular complexity index is 143. The number of halogens is 4. The van der Waals surface area contributed by atoms with Crippen LogP contribution in [0.4, 0.5) is 0 Å². The van der Waals surface area contributed by atoms with Gasteiger partial charge in [-0.05, 0) is 6.42 Å². The molecule has 0 aromatic rings. The Balaban J connectivity index is -0.000000270. The normalized spacial score (nSPS) is 10.3. The van der Waals surface area contributed by atoms with Crippen LogP contribution in [0.2, 0.25) is 0 Å². The van der Waals surface area contributed by atoms with E-state index in [9.17, 15) is 0 Å². The Morgan fingerprint density at radius 2 is 0.810 bits per heavy atom. The fourth-order valence-electron chi connectivity index (χ4n) is 1.51. The predicted molar refractivity (Wildman–Crippen MR) is 104 cm³/mol. The van der Waals surface area contributed by atoms with Crippen molar-refractivity contribution >= 4 is 46.4 Å². The summed E-state index contributed by atoms with van der Waals surface area (Å²) in [7, 11) is 0. The summed E-state index contributed by atoms with van der Waals surface area (Å²) in [6.07, 6.45) is 11.2. The van der Waals surface area contributed by atoms with Crippen LogP contribution in [0.3, 0.4) is 0 Å². The van der Waals surface area contributed by atoms with E-state index in [2.05, 4.69) is 34.6 Å². The Kier molecular flexibility index (Phi) is 30.2. The van der Waals surface area contributed by atoms with Crippen molar-refractivity contribution in [3.63, 3.8) is 0 Å². The van der Waals surface area contributed by atoms with Gasteiger partial charge in [0.15, 0.2) is 0 Å². The van der Waals surface area contributed by atoms with Gasteiger partial charge in [-0.1, -0.05) is 86.0 Å². The van der Waals surface area contributed by atoms with E-state index in [-0.39, 0.29) is 5.92 Å². The molecule has 0 unspecified atom stereocenters. The lowest BCUT2D eigenvalue weighted by Gasteiger charge is -2.17. The lowest BCUT2D eigenvalue weighted by atomic mass is 10.1. The van der Waals surface area contributed by atoms with E-state index >= 15 is 0 Å². The van der Waals surface area contributed by atoms with Gasteiger partial charge in [-0.2, -0.15) is 0 Å². The summed E-state index contributed by atoms with van der Waals surface area (Å²) >= 11 is 22.7. The molecule has 0 radical (unpaired) electrons. The highest BCUT2D eigenvalue weighted by Gasteiger charge is 2.22. The molecule has 21 heavy (non-hydrogen) atoms. The molecule has 0 bridgehead atoms. The van der Waals surface area contributed by atoms with Crippen LogP contribution in [-0.4, -0.2) is 9.67 Å². The second-order valence-electron chi connectivity index (χ2n) is 5.18. The molecule has 0 amide bonds. The first kappa shape index (κ1) is 27.0. The molecule has 0 saturated carbocycles. The van der Waals surface area contributed by atoms with Crippen LogP contribution in [0.25, 0.3) is 0 Å². The van der Waals surface area contributed by atoms with Crippen molar-refractivity contribution in [1.29, 1.82) is 0 Å². The van der Waals surface area contributed by atoms with Gasteiger partial charge in [-0.3, -0.25) is 0 Å². The first-order chi connectivity index (χ1) is 9.92. The van der Waals surface area contributed by atoms with Crippen LogP contribution in [0, 0.1) is 5.92 Å². The van der Waals surface area contributed by atoms with E-state index in [1.54, 1.807) is 0 Å². The molecule has 132 valence electrons. The van der Waals surface area contributed by atoms with Crippen molar-refractivity contribution in [2.24, 2.45) is 5.92 Å². The van der Waals surface area contributed by atoms with Gasteiger partial charge in [0.2, 0.25) is 0 Å². The minimum atomic E-state index is -0.457. The van der Waals surface area contributed by atoms with Crippen molar-refractivity contribution in [3.05, 3.63) is 0 Å². The standard InChI is InChI=1S/C7H12Cl4.2C5H12/c1-2-3-4-5(6(8)9)7(10)11;2*1-3-5-4-2/h5-7H,2-4H2,1H3;2*3-5H2,1-2H3. The van der Waals surface area contributed by atoms with Crippen LogP contribution < -0.4 is 0 Å². The first-order valence-corrected chi connectivity index (χ1v) is 10.2. The number of hydrogen-bond donors (Lipinski definition) is 0. The van der Waals surface area contributed by atoms with E-state index < -0.39 is 9.67 Å². The maximum atomic E-state index is 5.67. The monoisotopic (exact) mass is 380 g/mol. The number of unbranched alkanes of at least 4 members (excludes halogenated alkanes) is 5. The largest absolute Gasteiger partial charge is 0.113 e. The average Bonchev–Trinajstić information content (AvgIpc) is 2.41. The minimum Gasteiger partial charge on any atom is -0.105 e. The molecule has 0 aliphatic heterocycles. The van der Waals surface area contributed by atoms with Crippen LogP contribution >= 0.6 is 46.4 Å². The predicted octanol–water partition coefficient (Wildman–Crippen LogP) is 8.79. The fraction of sp³-hybridized carbons (Fsp3) is 1.00. The second-order valence-corrected chi connectivity index (χ2v) is 7.51. The highest BCUT2D eigenvalue weighted by Crippen LogP contribution is 2.29. The zero-order chi connectivity index (χ0) is 17.1. The lowest BCUT2D eigenvalue weighted by Crippen LogP contribution is -2.16. The van der Waals surface area contributed by atoms with E-state index in [4.69, 9.17) is 46.4 Å². The summed E-state index contributed by atoms with van der Waals surface area (Å²) in [4.78, 5) is -0.914. The summed E-state index contributed by atoms with van der Waals surface area (Å²) in [5, 5.41) is 0. The molecule has 0 N–H and O–H groups in total. The van der Waals surface area contributed by atoms with E-state index in [1.807, 2.05) is 0 Å². The number of rotatable bonds is 9. The highest BCUT2D eigenvalue weighted by molar-refractivity contribution is 6.48. The van der Waals surface area contributed by atoms with Gasteiger partial charge in [0.1, 0.15) is 9.67 Å². The third-order valence-electron chi connectivity index (χ3n) is 2.95. The summed E-state index contributed by atoms with van der Waals surface area (Å²) in [6.45, 7) is 11.0. The van der Waals surface area contributed by atoms with Crippen molar-refractivity contribution in [1.82, 2.24) is 0 Å². The van der Waals surface area contributed by atoms with E-state index in [0.717, 1.165) is 19.3 Å². The molecule has 0 heterocycles. The Morgan fingerprint density at radius 3 is 0.952 bits per heavy atom. The van der Waals surface area contributed by atoms with Crippen LogP contribution in [0.15, 0.2) is 0 Å². The quantitative estimate of drug-likeness (QED) is 0.350. The van der Waals surface area contributed by atoms with E-state index in [1.165, 1.54) is 38.5 Å². The number of hydrogen-bond acceptors (Lipinski definition) is 0. The third kappa shape index (κ3) is 26.4. The summed E-state index contributed by atoms with van der Waals surface area (Å²) in [5.41, 5.74) is 0. The molecule has 0 atom stereocenters. The third-order valence-corrected chi connectivity index (χ3v) is 4.25. The Morgan fingerprint density at radius 1 is 0.524 bits per heavy atom. The van der Waals surface area contributed by atoms with E-state index in [0.29, 0.717) is 0 Å². The molecule has 0 aromatic carbocycles. The molecule has 0 rings (SSSR count). The molecular weight excluding hydrogens is 346 g/mol. The first-order valence-electron chi connectivity index (χ1n) is 8.48. The lowest BCUT2D eigenvalue weighted by molar-refractivity contribution is 0.522. The minimum absolute atomic E-state index is 0.00150. The van der Waals surface area contributed by atoms with Crippen LogP contribution in [0.5, 0.6) is 0 Å². The molecular formula is C17H36Cl4. The molecule has 0 aromatic heterocycles. The molecule has 4 heteroatoms. The fourth-order valence-corrected chi connectivity index (χ4v) is 2.89. The molecule has 0 fully saturated rings. The van der Waals surface area contributed by atoms with Crippen molar-refractivity contribution < 1.29 is 0 Å². The summed E-state index contributed by atoms with van der Waals surface area (Å²) < 4.78 is 0. The molecule has 0 spiro atoms. The van der Waals surface area contributed by atoms with Gasteiger partial charge in [0.25, 0.3) is 0 Å². The van der Waals surface area contributed by atoms with Crippen LogP contribution in [-0.2, 0) is 0 Å². The zero-order valence-electron chi connectivity index (χ0n) is 14.6. The van der Waals surface area contributed by atoms with Gasteiger partial charge in [0.05, 0.1) is 0 Å². The Hall–Kier alpha value is 1.16. The Labute approximate surface area is 154 Å². The van der Waals surface area contributed by atoms with Crippen molar-refractivity contribution in [2.45, 2.75) is 102 Å². The topological polar surface area (TPSA) is 0 Å². The van der Waals surface area contributed by atoms with Gasteiger partial charge in [-0.25, -0.2) is 0 Å². The smallest absolute Gasteiger partial charge is 0.105 e. The van der Waals surface area contributed by atoms with Crippen molar-refractivity contribution in [3.8, 4) is 0 Å². The van der Waals surface area contributed by atoms with Gasteiger partial charge >= 0.3 is 0 Å². The average molecular weight is 382 g/mol. The molecule has 0 aliphatic rings. The molecule has 0 aliphatic carbocycles. The highest BCUT2D eigenvalue weighted by atomic mass is 35.5. The molecule has 0 nitrogen and oxygen atoms in total. The SMILES string of the molecule is CCCCC.CCCCC.CCCCC(C(Cl)Cl)C(Cl)Cl. The number of alkyl halides is 4. The second kappa shape index (κ2) is 23.4. The molecule has 0 saturated heterocycles.